The molecule has 3 aromatic heterocycles. The Kier molecular flexibility index (Phi) is 7.47. The van der Waals surface area contributed by atoms with Gasteiger partial charge in [0.2, 0.25) is 5.88 Å². The fourth-order valence-electron chi connectivity index (χ4n) is 4.75. The summed E-state index contributed by atoms with van der Waals surface area (Å²) in [5, 5.41) is 11.9. The first-order valence-corrected chi connectivity index (χ1v) is 12.5. The van der Waals surface area contributed by atoms with E-state index in [1.165, 1.54) is 7.11 Å². The van der Waals surface area contributed by atoms with E-state index in [1.807, 2.05) is 28.7 Å². The smallest absolute Gasteiger partial charge is 0.407 e. The van der Waals surface area contributed by atoms with E-state index in [-0.39, 0.29) is 6.54 Å². The van der Waals surface area contributed by atoms with E-state index in [0.717, 1.165) is 48.3 Å². The minimum atomic E-state index is -0.515. The summed E-state index contributed by atoms with van der Waals surface area (Å²) >= 11 is 0. The Balaban J connectivity index is 1.54. The highest BCUT2D eigenvalue weighted by atomic mass is 16.5. The molecule has 194 valence electrons. The van der Waals surface area contributed by atoms with E-state index in [4.69, 9.17) is 9.72 Å². The molecule has 0 spiro atoms. The number of pyridine rings is 1. The van der Waals surface area contributed by atoms with Gasteiger partial charge in [-0.2, -0.15) is 5.26 Å². The number of nitrogens with zero attached hydrogens (tertiary/aromatic N) is 6. The number of benzene rings is 1. The summed E-state index contributed by atoms with van der Waals surface area (Å²) in [5.74, 6) is 0.956. The number of aromatic nitrogens is 4. The largest absolute Gasteiger partial charge is 0.476 e. The summed E-state index contributed by atoms with van der Waals surface area (Å²) in [5.41, 5.74) is 5.17. The van der Waals surface area contributed by atoms with Gasteiger partial charge in [-0.1, -0.05) is 12.1 Å². The van der Waals surface area contributed by atoms with Crippen LogP contribution < -0.4 is 10.1 Å². The quantitative estimate of drug-likeness (QED) is 0.397. The van der Waals surface area contributed by atoms with E-state index in [1.54, 1.807) is 30.9 Å². The Labute approximate surface area is 220 Å². The third kappa shape index (κ3) is 5.43. The maximum Gasteiger partial charge on any atom is 0.407 e. The zero-order valence-electron chi connectivity index (χ0n) is 21.4. The number of fused-ring (bicyclic) bond motifs is 1. The lowest BCUT2D eigenvalue weighted by Crippen LogP contribution is -2.34. The number of hydrogen-bond acceptors (Lipinski definition) is 8. The number of imidazole rings is 1. The average molecular weight is 512 g/mol. The molecule has 1 atom stereocenters. The number of nitrogens with one attached hydrogen (secondary N) is 1. The Morgan fingerprint density at radius 1 is 1.18 bits per heavy atom. The van der Waals surface area contributed by atoms with Gasteiger partial charge in [-0.15, -0.1) is 0 Å². The number of carbonyl (C=O) groups excluding carboxylic acids is 1. The van der Waals surface area contributed by atoms with Crippen molar-refractivity contribution in [2.75, 3.05) is 33.9 Å². The molecule has 10 heteroatoms. The number of ether oxygens (including phenoxy) is 2. The van der Waals surface area contributed by atoms with Gasteiger partial charge in [-0.3, -0.25) is 9.38 Å². The van der Waals surface area contributed by atoms with Crippen molar-refractivity contribution in [3.8, 4) is 34.5 Å². The number of alkyl carbamates (subject to hydrolysis) is 1. The van der Waals surface area contributed by atoms with Gasteiger partial charge in [0.25, 0.3) is 0 Å². The van der Waals surface area contributed by atoms with Crippen LogP contribution in [0.4, 0.5) is 4.79 Å². The van der Waals surface area contributed by atoms with Gasteiger partial charge < -0.3 is 19.7 Å². The first-order valence-electron chi connectivity index (χ1n) is 12.5. The van der Waals surface area contributed by atoms with Gasteiger partial charge in [-0.25, -0.2) is 14.8 Å². The Morgan fingerprint density at radius 3 is 2.71 bits per heavy atom. The van der Waals surface area contributed by atoms with Gasteiger partial charge in [0.1, 0.15) is 5.52 Å². The molecule has 1 amide bonds. The molecule has 4 aromatic rings. The van der Waals surface area contributed by atoms with Crippen molar-refractivity contribution in [2.24, 2.45) is 5.92 Å². The lowest BCUT2D eigenvalue weighted by Gasteiger charge is -2.29. The number of amides is 1. The highest BCUT2D eigenvalue weighted by Gasteiger charge is 2.22. The number of nitriles is 1. The molecule has 0 saturated carbocycles. The van der Waals surface area contributed by atoms with Gasteiger partial charge in [0.05, 0.1) is 61.5 Å². The van der Waals surface area contributed by atoms with Crippen LogP contribution in [0.15, 0.2) is 55.1 Å². The van der Waals surface area contributed by atoms with Crippen LogP contribution in [-0.4, -0.2) is 64.2 Å². The molecule has 1 fully saturated rings. The Morgan fingerprint density at radius 2 is 2.00 bits per heavy atom. The lowest BCUT2D eigenvalue weighted by atomic mass is 10.00. The predicted octanol–water partition coefficient (Wildman–Crippen LogP) is 3.91. The molecule has 1 saturated heterocycles. The number of likely N-dealkylation sites (tertiary alicyclic amines) is 1. The highest BCUT2D eigenvalue weighted by Crippen LogP contribution is 2.35. The van der Waals surface area contributed by atoms with Crippen LogP contribution >= 0.6 is 0 Å². The summed E-state index contributed by atoms with van der Waals surface area (Å²) in [6.45, 7) is 2.94. The van der Waals surface area contributed by atoms with E-state index in [2.05, 4.69) is 38.0 Å². The van der Waals surface area contributed by atoms with Crippen LogP contribution in [0.25, 0.3) is 28.0 Å². The van der Waals surface area contributed by atoms with Crippen molar-refractivity contribution in [1.29, 1.82) is 5.26 Å². The number of methoxy groups -OCH3 is 1. The van der Waals surface area contributed by atoms with Gasteiger partial charge >= 0.3 is 6.09 Å². The number of rotatable bonds is 7. The first kappa shape index (κ1) is 25.2. The monoisotopic (exact) mass is 511 g/mol. The van der Waals surface area contributed by atoms with Crippen molar-refractivity contribution in [1.82, 2.24) is 29.6 Å². The third-order valence-electron chi connectivity index (χ3n) is 6.70. The molecule has 1 aromatic carbocycles. The summed E-state index contributed by atoms with van der Waals surface area (Å²) < 4.78 is 12.9. The second kappa shape index (κ2) is 11.3. The predicted molar refractivity (Wildman–Crippen MR) is 141 cm³/mol. The molecule has 0 radical (unpaired) electrons. The minimum absolute atomic E-state index is 0.247. The van der Waals surface area contributed by atoms with Crippen LogP contribution in [0.1, 0.15) is 24.1 Å². The summed E-state index contributed by atoms with van der Waals surface area (Å²) in [7, 11) is 3.46. The first-order chi connectivity index (χ1) is 18.6. The van der Waals surface area contributed by atoms with E-state index < -0.39 is 6.09 Å². The third-order valence-corrected chi connectivity index (χ3v) is 6.70. The molecular formula is C28H29N7O3. The van der Waals surface area contributed by atoms with Crippen molar-refractivity contribution < 1.29 is 14.3 Å². The zero-order chi connectivity index (χ0) is 26.5. The lowest BCUT2D eigenvalue weighted by molar-refractivity contribution is 0.148. The average Bonchev–Trinajstić information content (AvgIpc) is 3.45. The van der Waals surface area contributed by atoms with Crippen molar-refractivity contribution >= 4 is 11.6 Å². The van der Waals surface area contributed by atoms with Crippen LogP contribution in [-0.2, 0) is 11.3 Å². The standard InChI is InChI=1S/C28H29N7O3/c1-34-11-3-4-20(16-34)17-38-27-24-15-30-18-35(24)26(25(33-27)21-7-5-19(12-29)6-8-21)22-9-10-23(31-13-22)14-32-28(36)37-2/h5-10,13,15,18,20H,3-4,11,14,16-17H2,1-2H3,(H,32,36)/t20-/m1/s1. The maximum absolute atomic E-state index is 11.4. The van der Waals surface area contributed by atoms with E-state index >= 15 is 0 Å². The van der Waals surface area contributed by atoms with Crippen molar-refractivity contribution in [2.45, 2.75) is 19.4 Å². The van der Waals surface area contributed by atoms with Crippen LogP contribution in [0.3, 0.4) is 0 Å². The zero-order valence-corrected chi connectivity index (χ0v) is 21.4. The summed E-state index contributed by atoms with van der Waals surface area (Å²) in [6, 6.07) is 13.3. The number of hydrogen-bond donors (Lipinski definition) is 1. The van der Waals surface area contributed by atoms with Gasteiger partial charge in [-0.05, 0) is 50.7 Å². The summed E-state index contributed by atoms with van der Waals surface area (Å²) in [4.78, 5) is 27.7. The molecule has 4 heterocycles. The van der Waals surface area contributed by atoms with Crippen molar-refractivity contribution in [3.05, 3.63) is 66.4 Å². The summed E-state index contributed by atoms with van der Waals surface area (Å²) in [6.07, 6.45) is 7.02. The molecule has 0 bridgehead atoms. The highest BCUT2D eigenvalue weighted by molar-refractivity contribution is 5.82. The number of piperidine rings is 1. The SMILES string of the molecule is COC(=O)NCc1ccc(-c2c(-c3ccc(C#N)cc3)nc(OC[C@@H]3CCCN(C)C3)c3cncn23)cn1. The van der Waals surface area contributed by atoms with Crippen molar-refractivity contribution in [3.63, 3.8) is 0 Å². The Bertz CT molecular complexity index is 1460. The van der Waals surface area contributed by atoms with Gasteiger partial charge in [0.15, 0.2) is 0 Å². The topological polar surface area (TPSA) is 118 Å². The molecule has 1 aliphatic rings. The fraction of sp³-hybridized carbons (Fsp3) is 0.321. The van der Waals surface area contributed by atoms with Crippen LogP contribution in [0.5, 0.6) is 5.88 Å². The second-order valence-electron chi connectivity index (χ2n) is 9.42. The molecule has 0 aliphatic carbocycles. The molecule has 1 N–H and O–H groups in total. The molecule has 1 aliphatic heterocycles. The van der Waals surface area contributed by atoms with Crippen LogP contribution in [0.2, 0.25) is 0 Å². The fourth-order valence-corrected chi connectivity index (χ4v) is 4.75. The molecule has 0 unspecified atom stereocenters. The minimum Gasteiger partial charge on any atom is -0.476 e. The second-order valence-corrected chi connectivity index (χ2v) is 9.42. The molecule has 38 heavy (non-hydrogen) atoms. The Hall–Kier alpha value is -4.49. The maximum atomic E-state index is 11.4. The normalized spacial score (nSPS) is 15.7. The van der Waals surface area contributed by atoms with E-state index in [9.17, 15) is 10.1 Å². The van der Waals surface area contributed by atoms with E-state index in [0.29, 0.717) is 35.4 Å². The number of carbonyl (C=O) groups is 1. The van der Waals surface area contributed by atoms with Gasteiger partial charge in [0, 0.05) is 29.8 Å². The molecule has 5 rings (SSSR count). The molecular weight excluding hydrogens is 482 g/mol. The van der Waals surface area contributed by atoms with Crippen LogP contribution in [0, 0.1) is 17.2 Å². The molecule has 10 nitrogen and oxygen atoms in total.